The van der Waals surface area contributed by atoms with Gasteiger partial charge in [-0.1, -0.05) is 12.0 Å². The average Bonchev–Trinajstić information content (AvgIpc) is 3.02. The third-order valence-corrected chi connectivity index (χ3v) is 5.06. The van der Waals surface area contributed by atoms with Gasteiger partial charge in [0.05, 0.1) is 17.7 Å². The number of ether oxygens (including phenoxy) is 2. The number of rotatable bonds is 6. The summed E-state index contributed by atoms with van der Waals surface area (Å²) in [5, 5.41) is 0.552. The van der Waals surface area contributed by atoms with Gasteiger partial charge in [-0.25, -0.2) is 9.38 Å². The number of likely N-dealkylation sites (N-methyl/N-ethyl adjacent to an activating group) is 1. The van der Waals surface area contributed by atoms with Crippen molar-refractivity contribution >= 4 is 34.6 Å². The van der Waals surface area contributed by atoms with Crippen molar-refractivity contribution in [3.63, 3.8) is 0 Å². The Hall–Kier alpha value is -3.24. The maximum atomic E-state index is 13.1. The van der Waals surface area contributed by atoms with Crippen LogP contribution in [0.25, 0.3) is 6.08 Å². The summed E-state index contributed by atoms with van der Waals surface area (Å²) in [5.74, 6) is 3.00. The molecule has 29 heavy (non-hydrogen) atoms. The van der Waals surface area contributed by atoms with E-state index in [0.29, 0.717) is 33.8 Å². The Bertz CT molecular complexity index is 1010. The van der Waals surface area contributed by atoms with Crippen LogP contribution in [0.5, 0.6) is 11.5 Å². The molecule has 0 spiro atoms. The lowest BCUT2D eigenvalue weighted by molar-refractivity contribution is -0.122. The number of carbonyl (C=O) groups is 1. The molecule has 0 unspecified atom stereocenters. The van der Waals surface area contributed by atoms with Gasteiger partial charge in [-0.2, -0.15) is 0 Å². The minimum absolute atomic E-state index is 0.134. The molecule has 1 aliphatic rings. The second-order valence-electron chi connectivity index (χ2n) is 5.93. The van der Waals surface area contributed by atoms with Crippen LogP contribution >= 0.6 is 11.8 Å². The predicted molar refractivity (Wildman–Crippen MR) is 114 cm³/mol. The van der Waals surface area contributed by atoms with Crippen LogP contribution in [-0.4, -0.2) is 36.2 Å². The van der Waals surface area contributed by atoms with Crippen LogP contribution < -0.4 is 9.47 Å². The second kappa shape index (κ2) is 9.30. The maximum Gasteiger partial charge on any atom is 0.266 e. The van der Waals surface area contributed by atoms with E-state index in [1.807, 2.05) is 13.0 Å². The smallest absolute Gasteiger partial charge is 0.266 e. The topological polar surface area (TPSA) is 51.1 Å². The van der Waals surface area contributed by atoms with Gasteiger partial charge in [0.1, 0.15) is 12.4 Å². The number of carbonyl (C=O) groups excluding carboxylic acids is 1. The van der Waals surface area contributed by atoms with E-state index in [9.17, 15) is 9.18 Å². The fourth-order valence-corrected chi connectivity index (χ4v) is 3.72. The SMILES string of the molecule is C#CCOc1ccc(/C=C2/SC(=Nc3ccc(F)cc3)N(CC)C2=O)cc1OC. The van der Waals surface area contributed by atoms with E-state index in [1.165, 1.54) is 31.0 Å². The van der Waals surface area contributed by atoms with Crippen molar-refractivity contribution in [1.82, 2.24) is 4.90 Å². The number of amides is 1. The van der Waals surface area contributed by atoms with Gasteiger partial charge in [-0.05, 0) is 66.7 Å². The first-order valence-corrected chi connectivity index (χ1v) is 9.67. The zero-order valence-corrected chi connectivity index (χ0v) is 16.8. The highest BCUT2D eigenvalue weighted by atomic mass is 32.2. The number of hydrogen-bond donors (Lipinski definition) is 0. The summed E-state index contributed by atoms with van der Waals surface area (Å²) in [6.45, 7) is 2.49. The summed E-state index contributed by atoms with van der Waals surface area (Å²) in [5.41, 5.74) is 1.36. The Morgan fingerprint density at radius 1 is 1.24 bits per heavy atom. The summed E-state index contributed by atoms with van der Waals surface area (Å²) in [7, 11) is 1.54. The molecule has 3 rings (SSSR count). The molecule has 0 aliphatic carbocycles. The highest BCUT2D eigenvalue weighted by Gasteiger charge is 2.32. The molecule has 0 aromatic heterocycles. The van der Waals surface area contributed by atoms with Gasteiger partial charge in [-0.3, -0.25) is 9.69 Å². The number of thioether (sulfide) groups is 1. The molecule has 1 heterocycles. The van der Waals surface area contributed by atoms with Crippen molar-refractivity contribution in [2.24, 2.45) is 4.99 Å². The summed E-state index contributed by atoms with van der Waals surface area (Å²) in [4.78, 5) is 19.4. The van der Waals surface area contributed by atoms with Crippen LogP contribution in [0.4, 0.5) is 10.1 Å². The standard InChI is InChI=1S/C22H19FN2O3S/c1-4-12-28-18-11-6-15(13-19(18)27-3)14-20-21(26)25(5-2)22(29-20)24-17-9-7-16(23)8-10-17/h1,6-11,13-14H,5,12H2,2-3H3/b20-14+,24-22?. The van der Waals surface area contributed by atoms with Gasteiger partial charge < -0.3 is 9.47 Å². The van der Waals surface area contributed by atoms with Gasteiger partial charge in [0.2, 0.25) is 0 Å². The van der Waals surface area contributed by atoms with E-state index >= 15 is 0 Å². The molecule has 0 bridgehead atoms. The van der Waals surface area contributed by atoms with Gasteiger partial charge in [0, 0.05) is 6.54 Å². The number of hydrogen-bond acceptors (Lipinski definition) is 5. The van der Waals surface area contributed by atoms with Gasteiger partial charge in [0.15, 0.2) is 16.7 Å². The first kappa shape index (κ1) is 20.5. The van der Waals surface area contributed by atoms with E-state index < -0.39 is 0 Å². The summed E-state index contributed by atoms with van der Waals surface area (Å²) < 4.78 is 23.9. The molecule has 1 amide bonds. The van der Waals surface area contributed by atoms with Crippen molar-refractivity contribution in [2.75, 3.05) is 20.3 Å². The monoisotopic (exact) mass is 410 g/mol. The van der Waals surface area contributed by atoms with Crippen molar-refractivity contribution in [3.8, 4) is 23.8 Å². The van der Waals surface area contributed by atoms with E-state index in [4.69, 9.17) is 15.9 Å². The van der Waals surface area contributed by atoms with Crippen LogP contribution in [0.3, 0.4) is 0 Å². The molecule has 1 saturated heterocycles. The molecule has 0 atom stereocenters. The van der Waals surface area contributed by atoms with Crippen LogP contribution in [-0.2, 0) is 4.79 Å². The van der Waals surface area contributed by atoms with E-state index in [0.717, 1.165) is 5.56 Å². The third kappa shape index (κ3) is 4.79. The first-order chi connectivity index (χ1) is 14.0. The quantitative estimate of drug-likeness (QED) is 0.521. The van der Waals surface area contributed by atoms with E-state index in [-0.39, 0.29) is 18.3 Å². The molecule has 0 N–H and O–H groups in total. The number of aliphatic imine (C=N–C) groups is 1. The Morgan fingerprint density at radius 3 is 2.66 bits per heavy atom. The molecule has 1 aliphatic heterocycles. The van der Waals surface area contributed by atoms with Crippen molar-refractivity contribution < 1.29 is 18.7 Å². The Labute approximate surface area is 173 Å². The van der Waals surface area contributed by atoms with Crippen molar-refractivity contribution in [1.29, 1.82) is 0 Å². The molecule has 2 aromatic rings. The van der Waals surface area contributed by atoms with Gasteiger partial charge in [-0.15, -0.1) is 6.42 Å². The number of methoxy groups -OCH3 is 1. The molecule has 0 saturated carbocycles. The molecular formula is C22H19FN2O3S. The Morgan fingerprint density at radius 2 is 2.00 bits per heavy atom. The fourth-order valence-electron chi connectivity index (χ4n) is 2.66. The lowest BCUT2D eigenvalue weighted by atomic mass is 10.2. The maximum absolute atomic E-state index is 13.1. The van der Waals surface area contributed by atoms with Crippen LogP contribution in [0.1, 0.15) is 12.5 Å². The molecule has 148 valence electrons. The lowest BCUT2D eigenvalue weighted by Crippen LogP contribution is -2.28. The predicted octanol–water partition coefficient (Wildman–Crippen LogP) is 4.47. The molecule has 7 heteroatoms. The third-order valence-electron chi connectivity index (χ3n) is 4.05. The molecule has 1 fully saturated rings. The van der Waals surface area contributed by atoms with Crippen LogP contribution in [0.2, 0.25) is 0 Å². The van der Waals surface area contributed by atoms with Crippen molar-refractivity contribution in [2.45, 2.75) is 6.92 Å². The fraction of sp³-hybridized carbons (Fsp3) is 0.182. The van der Waals surface area contributed by atoms with Crippen molar-refractivity contribution in [3.05, 3.63) is 58.8 Å². The molecule has 5 nitrogen and oxygen atoms in total. The molecule has 2 aromatic carbocycles. The number of terminal acetylenes is 1. The molecular weight excluding hydrogens is 391 g/mol. The molecule has 0 radical (unpaired) electrons. The first-order valence-electron chi connectivity index (χ1n) is 8.85. The van der Waals surface area contributed by atoms with E-state index in [2.05, 4.69) is 10.9 Å². The number of amidine groups is 1. The normalized spacial score (nSPS) is 16.3. The Kier molecular flexibility index (Phi) is 6.57. The second-order valence-corrected chi connectivity index (χ2v) is 6.94. The van der Waals surface area contributed by atoms with Gasteiger partial charge >= 0.3 is 0 Å². The minimum atomic E-state index is -0.333. The average molecular weight is 410 g/mol. The highest BCUT2D eigenvalue weighted by Crippen LogP contribution is 2.35. The zero-order chi connectivity index (χ0) is 20.8. The zero-order valence-electron chi connectivity index (χ0n) is 16.0. The largest absolute Gasteiger partial charge is 0.493 e. The Balaban J connectivity index is 1.88. The van der Waals surface area contributed by atoms with Gasteiger partial charge in [0.25, 0.3) is 5.91 Å². The number of benzene rings is 2. The number of nitrogens with zero attached hydrogens (tertiary/aromatic N) is 2. The van der Waals surface area contributed by atoms with Crippen LogP contribution in [0.15, 0.2) is 52.4 Å². The summed E-state index contributed by atoms with van der Waals surface area (Å²) in [6, 6.07) is 11.2. The number of halogens is 1. The highest BCUT2D eigenvalue weighted by molar-refractivity contribution is 8.18. The van der Waals surface area contributed by atoms with Crippen LogP contribution in [0, 0.1) is 18.2 Å². The summed E-state index contributed by atoms with van der Waals surface area (Å²) >= 11 is 1.27. The lowest BCUT2D eigenvalue weighted by Gasteiger charge is -2.12. The summed E-state index contributed by atoms with van der Waals surface area (Å²) in [6.07, 6.45) is 7.00. The van der Waals surface area contributed by atoms with E-state index in [1.54, 1.807) is 35.2 Å². The minimum Gasteiger partial charge on any atom is -0.493 e.